The molecule has 1 aromatic rings. The molecule has 2 nitrogen and oxygen atoms in total. The van der Waals surface area contributed by atoms with E-state index in [9.17, 15) is 9.18 Å². The molecule has 0 aromatic heterocycles. The Morgan fingerprint density at radius 1 is 1.53 bits per heavy atom. The minimum atomic E-state index is -0.369. The van der Waals surface area contributed by atoms with Crippen LogP contribution >= 0.6 is 11.6 Å². The normalized spacial score (nSPS) is 22.7. The molecule has 1 saturated heterocycles. The van der Waals surface area contributed by atoms with Crippen LogP contribution in [0.5, 0.6) is 0 Å². The van der Waals surface area contributed by atoms with Gasteiger partial charge >= 0.3 is 0 Å². The Labute approximate surface area is 118 Å². The van der Waals surface area contributed by atoms with Crippen molar-refractivity contribution in [2.75, 3.05) is 13.1 Å². The van der Waals surface area contributed by atoms with Gasteiger partial charge in [-0.2, -0.15) is 0 Å². The van der Waals surface area contributed by atoms with E-state index in [1.165, 1.54) is 12.1 Å². The Kier molecular flexibility index (Phi) is 4.58. The second-order valence-corrected chi connectivity index (χ2v) is 5.70. The predicted octanol–water partition coefficient (Wildman–Crippen LogP) is 3.37. The van der Waals surface area contributed by atoms with Crippen molar-refractivity contribution in [1.29, 1.82) is 0 Å². The third kappa shape index (κ3) is 3.15. The van der Waals surface area contributed by atoms with E-state index >= 15 is 0 Å². The fourth-order valence-electron chi connectivity index (χ4n) is 2.84. The number of carbonyl (C=O) groups is 1. The van der Waals surface area contributed by atoms with Gasteiger partial charge < -0.3 is 5.32 Å². The summed E-state index contributed by atoms with van der Waals surface area (Å²) in [6.45, 7) is 3.74. The fourth-order valence-corrected chi connectivity index (χ4v) is 3.07. The van der Waals surface area contributed by atoms with Crippen LogP contribution in [-0.4, -0.2) is 18.9 Å². The molecule has 4 heteroatoms. The number of carbonyl (C=O) groups excluding carboxylic acids is 1. The van der Waals surface area contributed by atoms with E-state index in [1.807, 2.05) is 0 Å². The molecule has 1 aromatic carbocycles. The molecule has 19 heavy (non-hydrogen) atoms. The number of ketones is 1. The molecule has 1 atom stereocenters. The Hall–Kier alpha value is -0.930. The van der Waals surface area contributed by atoms with Gasteiger partial charge in [-0.3, -0.25) is 4.79 Å². The van der Waals surface area contributed by atoms with Gasteiger partial charge in [0.05, 0.1) is 0 Å². The van der Waals surface area contributed by atoms with Gasteiger partial charge in [0.15, 0.2) is 0 Å². The van der Waals surface area contributed by atoms with Crippen LogP contribution in [-0.2, 0) is 11.2 Å². The molecule has 1 N–H and O–H groups in total. The highest BCUT2D eigenvalue weighted by molar-refractivity contribution is 6.31. The molecule has 0 amide bonds. The van der Waals surface area contributed by atoms with Crippen LogP contribution in [0, 0.1) is 11.2 Å². The molecule has 2 rings (SSSR count). The lowest BCUT2D eigenvalue weighted by molar-refractivity contribution is -0.127. The van der Waals surface area contributed by atoms with Gasteiger partial charge in [-0.25, -0.2) is 4.39 Å². The maximum absolute atomic E-state index is 13.0. The molecule has 1 unspecified atom stereocenters. The predicted molar refractivity (Wildman–Crippen MR) is 74.9 cm³/mol. The van der Waals surface area contributed by atoms with Crippen LogP contribution in [0.25, 0.3) is 0 Å². The lowest BCUT2D eigenvalue weighted by Gasteiger charge is -2.26. The molecule has 1 heterocycles. The smallest absolute Gasteiger partial charge is 0.144 e. The van der Waals surface area contributed by atoms with E-state index in [1.54, 1.807) is 6.07 Å². The zero-order valence-electron chi connectivity index (χ0n) is 11.1. The van der Waals surface area contributed by atoms with E-state index < -0.39 is 0 Å². The summed E-state index contributed by atoms with van der Waals surface area (Å²) in [5.74, 6) is -0.153. The summed E-state index contributed by atoms with van der Waals surface area (Å²) in [6.07, 6.45) is 3.07. The first-order valence-electron chi connectivity index (χ1n) is 6.75. The van der Waals surface area contributed by atoms with Crippen molar-refractivity contribution >= 4 is 17.4 Å². The molecule has 0 bridgehead atoms. The van der Waals surface area contributed by atoms with Crippen LogP contribution in [0.4, 0.5) is 4.39 Å². The maximum Gasteiger partial charge on any atom is 0.144 e. The van der Waals surface area contributed by atoms with Gasteiger partial charge in [0, 0.05) is 23.4 Å². The number of Topliss-reactive ketones (excluding diaryl/α,β-unsaturated/α-hetero) is 1. The molecular formula is C15H19ClFNO. The second-order valence-electron chi connectivity index (χ2n) is 5.29. The van der Waals surface area contributed by atoms with Gasteiger partial charge in [-0.15, -0.1) is 0 Å². The number of benzene rings is 1. The summed E-state index contributed by atoms with van der Waals surface area (Å²) in [5.41, 5.74) is 0.461. The first-order valence-corrected chi connectivity index (χ1v) is 7.13. The summed E-state index contributed by atoms with van der Waals surface area (Å²) in [7, 11) is 0. The third-order valence-corrected chi connectivity index (χ3v) is 4.28. The zero-order valence-corrected chi connectivity index (χ0v) is 11.9. The van der Waals surface area contributed by atoms with Gasteiger partial charge in [-0.05, 0) is 37.1 Å². The van der Waals surface area contributed by atoms with Crippen molar-refractivity contribution in [3.8, 4) is 0 Å². The molecule has 0 radical (unpaired) electrons. The van der Waals surface area contributed by atoms with Crippen LogP contribution < -0.4 is 5.32 Å². The van der Waals surface area contributed by atoms with Crippen molar-refractivity contribution < 1.29 is 9.18 Å². The standard InChI is InChI=1S/C15H19ClFNO/c1-2-5-15(6-7-18-10-15)14(19)8-11-3-4-12(17)9-13(11)16/h3-4,9,18H,2,5-8,10H2,1H3. The topological polar surface area (TPSA) is 29.1 Å². The van der Waals surface area contributed by atoms with Crippen molar-refractivity contribution in [3.05, 3.63) is 34.6 Å². The first-order chi connectivity index (χ1) is 9.07. The van der Waals surface area contributed by atoms with E-state index in [0.717, 1.165) is 37.9 Å². The van der Waals surface area contributed by atoms with Crippen molar-refractivity contribution in [2.45, 2.75) is 32.6 Å². The molecular weight excluding hydrogens is 265 g/mol. The number of hydrogen-bond acceptors (Lipinski definition) is 2. The van der Waals surface area contributed by atoms with Crippen molar-refractivity contribution in [3.63, 3.8) is 0 Å². The van der Waals surface area contributed by atoms with Gasteiger partial charge in [0.1, 0.15) is 11.6 Å². The summed E-state index contributed by atoms with van der Waals surface area (Å²) in [5, 5.41) is 3.61. The monoisotopic (exact) mass is 283 g/mol. The quantitative estimate of drug-likeness (QED) is 0.898. The van der Waals surface area contributed by atoms with Crippen LogP contribution in [0.2, 0.25) is 5.02 Å². The summed E-state index contributed by atoms with van der Waals surface area (Å²) in [6, 6.07) is 4.23. The van der Waals surface area contributed by atoms with Crippen LogP contribution in [0.1, 0.15) is 31.7 Å². The van der Waals surface area contributed by atoms with Crippen molar-refractivity contribution in [1.82, 2.24) is 5.32 Å². The number of hydrogen-bond donors (Lipinski definition) is 1. The van der Waals surface area contributed by atoms with E-state index in [-0.39, 0.29) is 17.0 Å². The van der Waals surface area contributed by atoms with Crippen molar-refractivity contribution in [2.24, 2.45) is 5.41 Å². The minimum absolute atomic E-state index is 0.216. The molecule has 0 spiro atoms. The molecule has 1 fully saturated rings. The number of halogens is 2. The second kappa shape index (κ2) is 6.02. The maximum atomic E-state index is 13.0. The average Bonchev–Trinajstić information content (AvgIpc) is 2.83. The first kappa shape index (κ1) is 14.5. The van der Waals surface area contributed by atoms with Crippen LogP contribution in [0.3, 0.4) is 0 Å². The summed E-state index contributed by atoms with van der Waals surface area (Å²) >= 11 is 5.99. The lowest BCUT2D eigenvalue weighted by atomic mass is 9.76. The lowest BCUT2D eigenvalue weighted by Crippen LogP contribution is -2.34. The highest BCUT2D eigenvalue weighted by Crippen LogP contribution is 2.34. The molecule has 0 saturated carbocycles. The van der Waals surface area contributed by atoms with Gasteiger partial charge in [-0.1, -0.05) is 31.0 Å². The molecule has 1 aliphatic heterocycles. The Balaban J connectivity index is 2.15. The number of rotatable bonds is 5. The molecule has 0 aliphatic carbocycles. The van der Waals surface area contributed by atoms with E-state index in [0.29, 0.717) is 11.4 Å². The average molecular weight is 284 g/mol. The third-order valence-electron chi connectivity index (χ3n) is 3.93. The largest absolute Gasteiger partial charge is 0.316 e. The molecule has 104 valence electrons. The van der Waals surface area contributed by atoms with E-state index in [2.05, 4.69) is 12.2 Å². The summed E-state index contributed by atoms with van der Waals surface area (Å²) in [4.78, 5) is 12.6. The van der Waals surface area contributed by atoms with Crippen LogP contribution in [0.15, 0.2) is 18.2 Å². The Bertz CT molecular complexity index is 469. The highest BCUT2D eigenvalue weighted by atomic mass is 35.5. The highest BCUT2D eigenvalue weighted by Gasteiger charge is 2.39. The minimum Gasteiger partial charge on any atom is -0.316 e. The van der Waals surface area contributed by atoms with E-state index in [4.69, 9.17) is 11.6 Å². The Morgan fingerprint density at radius 2 is 2.32 bits per heavy atom. The fraction of sp³-hybridized carbons (Fsp3) is 0.533. The number of nitrogens with one attached hydrogen (secondary N) is 1. The van der Waals surface area contributed by atoms with Gasteiger partial charge in [0.2, 0.25) is 0 Å². The Morgan fingerprint density at radius 3 is 2.89 bits per heavy atom. The molecule has 1 aliphatic rings. The van der Waals surface area contributed by atoms with Gasteiger partial charge in [0.25, 0.3) is 0 Å². The SMILES string of the molecule is CCCC1(C(=O)Cc2ccc(F)cc2Cl)CCNC1. The summed E-state index contributed by atoms with van der Waals surface area (Å²) < 4.78 is 13.0. The zero-order chi connectivity index (χ0) is 13.9.